The number of amides is 1. The number of pyridine rings is 1. The fourth-order valence-electron chi connectivity index (χ4n) is 1.83. The number of carbonyl (C=O) groups is 1. The summed E-state index contributed by atoms with van der Waals surface area (Å²) in [5, 5.41) is 12.7. The van der Waals surface area contributed by atoms with Gasteiger partial charge < -0.3 is 10.4 Å². The van der Waals surface area contributed by atoms with Gasteiger partial charge in [-0.2, -0.15) is 11.8 Å². The zero-order chi connectivity index (χ0) is 15.1. The normalized spacial score (nSPS) is 11.9. The molecule has 2 N–H and O–H groups in total. The van der Waals surface area contributed by atoms with Crippen LogP contribution in [0, 0.1) is 0 Å². The molecule has 1 amide bonds. The van der Waals surface area contributed by atoms with Crippen LogP contribution in [0.5, 0.6) is 0 Å². The van der Waals surface area contributed by atoms with Gasteiger partial charge in [0.25, 0.3) is 5.91 Å². The average Bonchev–Trinajstić information content (AvgIpc) is 2.53. The highest BCUT2D eigenvalue weighted by Crippen LogP contribution is 2.17. The number of thioether (sulfide) groups is 1. The molecule has 21 heavy (non-hydrogen) atoms. The summed E-state index contributed by atoms with van der Waals surface area (Å²) in [6.07, 6.45) is 0.470. The van der Waals surface area contributed by atoms with E-state index in [-0.39, 0.29) is 0 Å². The fourth-order valence-corrected chi connectivity index (χ4v) is 2.45. The Kier molecular flexibility index (Phi) is 5.78. The van der Waals surface area contributed by atoms with E-state index >= 15 is 0 Å². The maximum absolute atomic E-state index is 12.0. The number of rotatable bonds is 6. The molecule has 110 valence electrons. The van der Waals surface area contributed by atoms with Crippen LogP contribution in [0.4, 0.5) is 5.82 Å². The van der Waals surface area contributed by atoms with E-state index < -0.39 is 12.0 Å². The molecular weight excluding hydrogens is 284 g/mol. The number of aliphatic hydroxyl groups is 1. The van der Waals surface area contributed by atoms with Crippen molar-refractivity contribution in [2.24, 2.45) is 0 Å². The monoisotopic (exact) mass is 302 g/mol. The van der Waals surface area contributed by atoms with Crippen molar-refractivity contribution in [3.63, 3.8) is 0 Å². The van der Waals surface area contributed by atoms with Crippen LogP contribution >= 0.6 is 11.8 Å². The second-order valence-corrected chi connectivity index (χ2v) is 5.76. The van der Waals surface area contributed by atoms with Gasteiger partial charge in [0, 0.05) is 11.9 Å². The maximum atomic E-state index is 12.0. The summed E-state index contributed by atoms with van der Waals surface area (Å²) in [6.45, 7) is 2.10. The Morgan fingerprint density at radius 2 is 2.10 bits per heavy atom. The molecule has 1 heterocycles. The molecule has 0 bridgehead atoms. The minimum absolute atomic E-state index is 0.462. The van der Waals surface area contributed by atoms with Gasteiger partial charge in [-0.05, 0) is 29.0 Å². The third-order valence-electron chi connectivity index (χ3n) is 2.91. The highest BCUT2D eigenvalue weighted by Gasteiger charge is 2.17. The Hall–Kier alpha value is -1.85. The summed E-state index contributed by atoms with van der Waals surface area (Å²) in [5.74, 6) is 1.90. The predicted molar refractivity (Wildman–Crippen MR) is 86.1 cm³/mol. The lowest BCUT2D eigenvalue weighted by molar-refractivity contribution is -0.124. The summed E-state index contributed by atoms with van der Waals surface area (Å²) in [4.78, 5) is 16.1. The summed E-state index contributed by atoms with van der Waals surface area (Å²) < 4.78 is 0. The summed E-state index contributed by atoms with van der Waals surface area (Å²) in [5.41, 5.74) is 1.66. The quantitative estimate of drug-likeness (QED) is 0.861. The molecule has 0 fully saturated rings. The van der Waals surface area contributed by atoms with Gasteiger partial charge in [0.1, 0.15) is 5.82 Å². The van der Waals surface area contributed by atoms with Crippen molar-refractivity contribution in [3.05, 3.63) is 59.8 Å². The molecule has 2 rings (SSSR count). The number of carbonyl (C=O) groups excluding carboxylic acids is 1. The van der Waals surface area contributed by atoms with Gasteiger partial charge in [0.15, 0.2) is 6.10 Å². The number of aromatic nitrogens is 1. The van der Waals surface area contributed by atoms with Crippen molar-refractivity contribution < 1.29 is 9.90 Å². The Morgan fingerprint density at radius 1 is 1.33 bits per heavy atom. The first-order chi connectivity index (χ1) is 10.2. The topological polar surface area (TPSA) is 62.2 Å². The van der Waals surface area contributed by atoms with E-state index in [9.17, 15) is 9.90 Å². The molecule has 0 saturated heterocycles. The number of nitrogens with one attached hydrogen (secondary N) is 1. The molecule has 1 atom stereocenters. The second kappa shape index (κ2) is 7.81. The van der Waals surface area contributed by atoms with Crippen LogP contribution in [0.2, 0.25) is 0 Å². The third-order valence-corrected chi connectivity index (χ3v) is 3.86. The van der Waals surface area contributed by atoms with E-state index in [1.807, 2.05) is 18.2 Å². The van der Waals surface area contributed by atoms with Crippen molar-refractivity contribution in [1.29, 1.82) is 0 Å². The number of hydrogen-bond donors (Lipinski definition) is 2. The molecule has 0 aliphatic rings. The summed E-state index contributed by atoms with van der Waals surface area (Å²) >= 11 is 1.80. The van der Waals surface area contributed by atoms with E-state index in [1.54, 1.807) is 42.2 Å². The van der Waals surface area contributed by atoms with Crippen LogP contribution in [0.15, 0.2) is 48.7 Å². The van der Waals surface area contributed by atoms with E-state index in [1.165, 1.54) is 0 Å². The number of aliphatic hydroxyl groups excluding tert-OH is 1. The highest BCUT2D eigenvalue weighted by atomic mass is 32.2. The van der Waals surface area contributed by atoms with Crippen molar-refractivity contribution in [2.45, 2.75) is 18.8 Å². The first-order valence-electron chi connectivity index (χ1n) is 6.77. The first-order valence-corrected chi connectivity index (χ1v) is 7.92. The van der Waals surface area contributed by atoms with Crippen molar-refractivity contribution in [2.75, 3.05) is 11.1 Å². The lowest BCUT2D eigenvalue weighted by Gasteiger charge is -2.11. The van der Waals surface area contributed by atoms with Crippen molar-refractivity contribution >= 4 is 23.5 Å². The first kappa shape index (κ1) is 15.5. The molecule has 0 radical (unpaired) electrons. The number of nitrogens with zero attached hydrogens (tertiary/aromatic N) is 1. The molecular formula is C16H18N2O2S. The Balaban J connectivity index is 2.02. The van der Waals surface area contributed by atoms with E-state index in [2.05, 4.69) is 17.2 Å². The molecule has 0 saturated carbocycles. The molecule has 2 aromatic rings. The van der Waals surface area contributed by atoms with Gasteiger partial charge in [-0.1, -0.05) is 37.3 Å². The van der Waals surface area contributed by atoms with Gasteiger partial charge in [-0.15, -0.1) is 0 Å². The Bertz CT molecular complexity index is 590. The van der Waals surface area contributed by atoms with E-state index in [0.717, 1.165) is 17.1 Å². The van der Waals surface area contributed by atoms with Crippen LogP contribution in [0.3, 0.4) is 0 Å². The lowest BCUT2D eigenvalue weighted by atomic mass is 10.1. The number of benzene rings is 1. The lowest BCUT2D eigenvalue weighted by Crippen LogP contribution is -2.21. The predicted octanol–water partition coefficient (Wildman–Crippen LogP) is 3.01. The molecule has 0 spiro atoms. The summed E-state index contributed by atoms with van der Waals surface area (Å²) in [7, 11) is 0. The smallest absolute Gasteiger partial charge is 0.258 e. The molecule has 5 heteroatoms. The number of hydrogen-bond acceptors (Lipinski definition) is 4. The minimum Gasteiger partial charge on any atom is -0.378 e. The second-order valence-electron chi connectivity index (χ2n) is 4.49. The minimum atomic E-state index is -1.19. The van der Waals surface area contributed by atoms with Crippen LogP contribution in [0.1, 0.15) is 24.2 Å². The van der Waals surface area contributed by atoms with Crippen LogP contribution in [0.25, 0.3) is 0 Å². The van der Waals surface area contributed by atoms with Gasteiger partial charge in [-0.25, -0.2) is 4.98 Å². The molecule has 0 aliphatic heterocycles. The largest absolute Gasteiger partial charge is 0.378 e. The fraction of sp³-hybridized carbons (Fsp3) is 0.250. The van der Waals surface area contributed by atoms with Crippen LogP contribution < -0.4 is 5.32 Å². The SMILES string of the molecule is CCSCc1ccnc(NC(=O)C(O)c2ccccc2)c1. The van der Waals surface area contributed by atoms with Gasteiger partial charge in [-0.3, -0.25) is 4.79 Å². The molecule has 1 aromatic heterocycles. The Morgan fingerprint density at radius 3 is 2.81 bits per heavy atom. The van der Waals surface area contributed by atoms with Crippen molar-refractivity contribution in [3.8, 4) is 0 Å². The molecule has 4 nitrogen and oxygen atoms in total. The van der Waals surface area contributed by atoms with Gasteiger partial charge >= 0.3 is 0 Å². The molecule has 1 aromatic carbocycles. The van der Waals surface area contributed by atoms with E-state index in [0.29, 0.717) is 11.4 Å². The van der Waals surface area contributed by atoms with E-state index in [4.69, 9.17) is 0 Å². The maximum Gasteiger partial charge on any atom is 0.258 e. The Labute approximate surface area is 128 Å². The zero-order valence-electron chi connectivity index (χ0n) is 11.8. The van der Waals surface area contributed by atoms with Gasteiger partial charge in [0.05, 0.1) is 0 Å². The van der Waals surface area contributed by atoms with Crippen LogP contribution in [-0.4, -0.2) is 21.8 Å². The average molecular weight is 302 g/mol. The zero-order valence-corrected chi connectivity index (χ0v) is 12.6. The third kappa shape index (κ3) is 4.58. The molecule has 0 aliphatic carbocycles. The number of anilines is 1. The highest BCUT2D eigenvalue weighted by molar-refractivity contribution is 7.98. The van der Waals surface area contributed by atoms with Crippen LogP contribution in [-0.2, 0) is 10.5 Å². The standard InChI is InChI=1S/C16H18N2O2S/c1-2-21-11-12-8-9-17-14(10-12)18-16(20)15(19)13-6-4-3-5-7-13/h3-10,15,19H,2,11H2,1H3,(H,17,18,20). The van der Waals surface area contributed by atoms with Crippen molar-refractivity contribution in [1.82, 2.24) is 4.98 Å². The molecule has 1 unspecified atom stereocenters. The van der Waals surface area contributed by atoms with Gasteiger partial charge in [0.2, 0.25) is 0 Å². The summed E-state index contributed by atoms with van der Waals surface area (Å²) in [6, 6.07) is 12.6.